The Morgan fingerprint density at radius 2 is 1.81 bits per heavy atom. The summed E-state index contributed by atoms with van der Waals surface area (Å²) in [4.78, 5) is 19.0. The van der Waals surface area contributed by atoms with Gasteiger partial charge in [0, 0.05) is 17.5 Å². The minimum atomic E-state index is -4.60. The van der Waals surface area contributed by atoms with Crippen LogP contribution in [0.3, 0.4) is 0 Å². The molecule has 0 spiro atoms. The van der Waals surface area contributed by atoms with Crippen LogP contribution >= 0.6 is 0 Å². The summed E-state index contributed by atoms with van der Waals surface area (Å²) in [5, 5.41) is 6.76. The Morgan fingerprint density at radius 1 is 1.19 bits per heavy atom. The fourth-order valence-electron chi connectivity index (χ4n) is 3.08. The molecule has 1 amide bonds. The Morgan fingerprint density at radius 3 is 2.37 bits per heavy atom. The van der Waals surface area contributed by atoms with Crippen molar-refractivity contribution < 1.29 is 18.0 Å². The van der Waals surface area contributed by atoms with E-state index in [-0.39, 0.29) is 17.4 Å². The predicted molar refractivity (Wildman–Crippen MR) is 94.7 cm³/mol. The van der Waals surface area contributed by atoms with E-state index in [0.29, 0.717) is 10.2 Å². The first kappa shape index (κ1) is 19.6. The number of hydrogen-bond donors (Lipinski definition) is 1. The molecule has 0 radical (unpaired) electrons. The zero-order valence-corrected chi connectivity index (χ0v) is 15.9. The van der Waals surface area contributed by atoms with E-state index in [9.17, 15) is 18.0 Å². The highest BCUT2D eigenvalue weighted by Gasteiger charge is 2.36. The van der Waals surface area contributed by atoms with Crippen molar-refractivity contribution in [3.05, 3.63) is 29.2 Å². The minimum absolute atomic E-state index is 0.00121. The molecule has 2 aromatic heterocycles. The fraction of sp³-hybridized carbons (Fsp3) is 0.611. The summed E-state index contributed by atoms with van der Waals surface area (Å²) < 4.78 is 41.2. The van der Waals surface area contributed by atoms with Gasteiger partial charge in [-0.15, -0.1) is 0 Å². The molecule has 1 fully saturated rings. The van der Waals surface area contributed by atoms with Gasteiger partial charge in [0.15, 0.2) is 11.3 Å². The lowest BCUT2D eigenvalue weighted by atomic mass is 9.91. The number of fused-ring (bicyclic) bond motifs is 1. The molecule has 0 aliphatic carbocycles. The summed E-state index contributed by atoms with van der Waals surface area (Å²) in [5.74, 6) is -0.472. The average Bonchev–Trinajstić information content (AvgIpc) is 2.98. The SMILES string of the molecule is CN1CCC(NC(=O)c2cc3nc(C(C)(C)C)cc(C(F)(F)F)n3n2)CC1. The number of alkyl halides is 3. The lowest BCUT2D eigenvalue weighted by Crippen LogP contribution is -2.43. The highest BCUT2D eigenvalue weighted by atomic mass is 19.4. The smallest absolute Gasteiger partial charge is 0.348 e. The monoisotopic (exact) mass is 383 g/mol. The number of amides is 1. The first-order valence-corrected chi connectivity index (χ1v) is 8.93. The number of carbonyl (C=O) groups is 1. The fourth-order valence-corrected chi connectivity index (χ4v) is 3.08. The van der Waals surface area contributed by atoms with Gasteiger partial charge >= 0.3 is 6.18 Å². The molecule has 0 bridgehead atoms. The molecule has 9 heteroatoms. The summed E-state index contributed by atoms with van der Waals surface area (Å²) in [6.07, 6.45) is -3.00. The highest BCUT2D eigenvalue weighted by Crippen LogP contribution is 2.32. The third kappa shape index (κ3) is 4.23. The Hall–Kier alpha value is -2.16. The average molecular weight is 383 g/mol. The molecule has 1 aliphatic rings. The molecule has 0 unspecified atom stereocenters. The first-order chi connectivity index (χ1) is 12.4. The molecule has 2 aromatic rings. The Bertz CT molecular complexity index is 845. The standard InChI is InChI=1S/C18H24F3N5O/c1-17(2,3)13-10-14(18(19,20)21)26-15(23-13)9-12(24-26)16(27)22-11-5-7-25(4)8-6-11/h9-11H,5-8H2,1-4H3,(H,22,27). The van der Waals surface area contributed by atoms with E-state index >= 15 is 0 Å². The second-order valence-electron chi connectivity index (χ2n) is 8.12. The second-order valence-corrected chi connectivity index (χ2v) is 8.12. The Labute approximate surface area is 155 Å². The summed E-state index contributed by atoms with van der Waals surface area (Å²) >= 11 is 0. The second kappa shape index (κ2) is 6.78. The van der Waals surface area contributed by atoms with Crippen LogP contribution in [0, 0.1) is 0 Å². The topological polar surface area (TPSA) is 62.5 Å². The van der Waals surface area contributed by atoms with Gasteiger partial charge in [-0.25, -0.2) is 9.50 Å². The molecule has 1 saturated heterocycles. The van der Waals surface area contributed by atoms with Crippen LogP contribution in [0.5, 0.6) is 0 Å². The van der Waals surface area contributed by atoms with Gasteiger partial charge in [-0.3, -0.25) is 4.79 Å². The quantitative estimate of drug-likeness (QED) is 0.866. The van der Waals surface area contributed by atoms with E-state index in [4.69, 9.17) is 0 Å². The van der Waals surface area contributed by atoms with Gasteiger partial charge in [0.1, 0.15) is 5.69 Å². The van der Waals surface area contributed by atoms with Gasteiger partial charge in [-0.1, -0.05) is 20.8 Å². The Kier molecular flexibility index (Phi) is 4.92. The van der Waals surface area contributed by atoms with Gasteiger partial charge < -0.3 is 10.2 Å². The van der Waals surface area contributed by atoms with E-state index in [1.165, 1.54) is 6.07 Å². The van der Waals surface area contributed by atoms with Crippen molar-refractivity contribution in [2.24, 2.45) is 0 Å². The van der Waals surface area contributed by atoms with Crippen molar-refractivity contribution in [1.82, 2.24) is 24.8 Å². The molecule has 1 aliphatic heterocycles. The normalized spacial score (nSPS) is 17.4. The minimum Gasteiger partial charge on any atom is -0.348 e. The maximum absolute atomic E-state index is 13.5. The van der Waals surface area contributed by atoms with Gasteiger partial charge in [-0.05, 0) is 39.0 Å². The maximum Gasteiger partial charge on any atom is 0.433 e. The van der Waals surface area contributed by atoms with Crippen LogP contribution in [0.15, 0.2) is 12.1 Å². The number of nitrogens with one attached hydrogen (secondary N) is 1. The van der Waals surface area contributed by atoms with Crippen LogP contribution in [0.4, 0.5) is 13.2 Å². The van der Waals surface area contributed by atoms with Crippen LogP contribution in [0.2, 0.25) is 0 Å². The highest BCUT2D eigenvalue weighted by molar-refractivity contribution is 5.93. The van der Waals surface area contributed by atoms with Crippen molar-refractivity contribution in [2.75, 3.05) is 20.1 Å². The molecule has 3 heterocycles. The number of likely N-dealkylation sites (tertiary alicyclic amines) is 1. The summed E-state index contributed by atoms with van der Waals surface area (Å²) in [6, 6.07) is 2.31. The largest absolute Gasteiger partial charge is 0.433 e. The van der Waals surface area contributed by atoms with Gasteiger partial charge in [-0.2, -0.15) is 18.3 Å². The predicted octanol–water partition coefficient (Wildman–Crippen LogP) is 2.87. The van der Waals surface area contributed by atoms with Crippen LogP contribution in [-0.2, 0) is 11.6 Å². The number of aromatic nitrogens is 3. The first-order valence-electron chi connectivity index (χ1n) is 8.93. The molecule has 27 heavy (non-hydrogen) atoms. The summed E-state index contributed by atoms with van der Waals surface area (Å²) in [5.41, 5.74) is -1.25. The molecule has 0 atom stereocenters. The molecule has 0 aromatic carbocycles. The summed E-state index contributed by atoms with van der Waals surface area (Å²) in [6.45, 7) is 7.10. The number of piperidine rings is 1. The summed E-state index contributed by atoms with van der Waals surface area (Å²) in [7, 11) is 2.01. The molecule has 148 valence electrons. The third-order valence-electron chi connectivity index (χ3n) is 4.77. The van der Waals surface area contributed by atoms with Crippen molar-refractivity contribution in [2.45, 2.75) is 51.2 Å². The molecular formula is C18H24F3N5O. The maximum atomic E-state index is 13.5. The number of carbonyl (C=O) groups excluding carboxylic acids is 1. The van der Waals surface area contributed by atoms with Gasteiger partial charge in [0.25, 0.3) is 5.91 Å². The van der Waals surface area contributed by atoms with Crippen LogP contribution in [0.1, 0.15) is 55.5 Å². The van der Waals surface area contributed by atoms with Crippen LogP contribution in [-0.4, -0.2) is 51.6 Å². The van der Waals surface area contributed by atoms with E-state index in [1.807, 2.05) is 7.05 Å². The van der Waals surface area contributed by atoms with E-state index < -0.39 is 23.2 Å². The molecule has 1 N–H and O–H groups in total. The van der Waals surface area contributed by atoms with Crippen molar-refractivity contribution in [3.8, 4) is 0 Å². The van der Waals surface area contributed by atoms with Crippen molar-refractivity contribution >= 4 is 11.6 Å². The molecule has 3 rings (SSSR count). The zero-order chi connectivity index (χ0) is 20.0. The van der Waals surface area contributed by atoms with Crippen LogP contribution < -0.4 is 5.32 Å². The van der Waals surface area contributed by atoms with E-state index in [1.54, 1.807) is 20.8 Å². The molecular weight excluding hydrogens is 359 g/mol. The van der Waals surface area contributed by atoms with Crippen LogP contribution in [0.25, 0.3) is 5.65 Å². The number of halogens is 3. The van der Waals surface area contributed by atoms with Crippen molar-refractivity contribution in [1.29, 1.82) is 0 Å². The number of hydrogen-bond acceptors (Lipinski definition) is 4. The van der Waals surface area contributed by atoms with Crippen molar-refractivity contribution in [3.63, 3.8) is 0 Å². The lowest BCUT2D eigenvalue weighted by Gasteiger charge is -2.29. The van der Waals surface area contributed by atoms with E-state index in [0.717, 1.165) is 32.0 Å². The molecule has 0 saturated carbocycles. The van der Waals surface area contributed by atoms with E-state index in [2.05, 4.69) is 20.3 Å². The number of nitrogens with zero attached hydrogens (tertiary/aromatic N) is 4. The lowest BCUT2D eigenvalue weighted by molar-refractivity contribution is -0.142. The Balaban J connectivity index is 1.95. The molecule has 6 nitrogen and oxygen atoms in total. The third-order valence-corrected chi connectivity index (χ3v) is 4.77. The zero-order valence-electron chi connectivity index (χ0n) is 15.9. The van der Waals surface area contributed by atoms with Gasteiger partial charge in [0.05, 0.1) is 5.69 Å². The number of rotatable bonds is 2. The van der Waals surface area contributed by atoms with Gasteiger partial charge in [0.2, 0.25) is 0 Å².